The van der Waals surface area contributed by atoms with Crippen molar-refractivity contribution in [3.8, 4) is 11.5 Å². The van der Waals surface area contributed by atoms with Crippen LogP contribution in [0.3, 0.4) is 0 Å². The molecule has 41 heavy (non-hydrogen) atoms. The van der Waals surface area contributed by atoms with Gasteiger partial charge in [-0.15, -0.1) is 0 Å². The number of fused-ring (bicyclic) bond motifs is 1. The largest absolute Gasteiger partial charge is 0.547 e. The summed E-state index contributed by atoms with van der Waals surface area (Å²) in [6.45, 7) is 1.81. The second-order valence-corrected chi connectivity index (χ2v) is 9.23. The van der Waals surface area contributed by atoms with Crippen molar-refractivity contribution in [3.05, 3.63) is 58.7 Å². The molecule has 16 heteroatoms. The third-order valence-corrected chi connectivity index (χ3v) is 6.73. The number of nitrogens with zero attached hydrogens (tertiary/aromatic N) is 2. The van der Waals surface area contributed by atoms with Crippen molar-refractivity contribution in [2.24, 2.45) is 0 Å². The van der Waals surface area contributed by atoms with Crippen LogP contribution in [0.1, 0.15) is 44.8 Å². The second kappa shape index (κ2) is 11.6. The SMILES string of the molecule is CCN1CCN(C(=O)NC(C(=O)N[C@H]2Cc3cccc(C(=O)O)c3OB2O)c2ccc(C(=O)O)cc2O)C(=O)C1=O. The molecule has 2 aliphatic rings. The Morgan fingerprint density at radius 1 is 1.07 bits per heavy atom. The lowest BCUT2D eigenvalue weighted by atomic mass is 9.72. The van der Waals surface area contributed by atoms with Crippen molar-refractivity contribution < 1.29 is 53.8 Å². The van der Waals surface area contributed by atoms with Crippen molar-refractivity contribution in [1.82, 2.24) is 20.4 Å². The van der Waals surface area contributed by atoms with Gasteiger partial charge in [-0.3, -0.25) is 19.3 Å². The predicted molar refractivity (Wildman–Crippen MR) is 138 cm³/mol. The Kier molecular flexibility index (Phi) is 8.14. The fourth-order valence-corrected chi connectivity index (χ4v) is 4.56. The number of urea groups is 1. The Labute approximate surface area is 232 Å². The Morgan fingerprint density at radius 2 is 1.80 bits per heavy atom. The summed E-state index contributed by atoms with van der Waals surface area (Å²) in [4.78, 5) is 76.1. The maximum absolute atomic E-state index is 13.5. The zero-order chi connectivity index (χ0) is 30.0. The number of para-hydroxylation sites is 1. The number of imide groups is 1. The van der Waals surface area contributed by atoms with Crippen LogP contribution in [0, 0.1) is 0 Å². The van der Waals surface area contributed by atoms with Gasteiger partial charge in [0.1, 0.15) is 17.5 Å². The minimum atomic E-state index is -1.73. The molecule has 6 N–H and O–H groups in total. The molecular formula is C25H25BN4O11. The van der Waals surface area contributed by atoms with E-state index < -0.39 is 60.5 Å². The fraction of sp³-hybridized carbons (Fsp3) is 0.280. The molecule has 214 valence electrons. The maximum Gasteiger partial charge on any atom is 0.547 e. The summed E-state index contributed by atoms with van der Waals surface area (Å²) in [6, 6.07) is 4.48. The molecule has 1 saturated heterocycles. The van der Waals surface area contributed by atoms with E-state index in [0.29, 0.717) is 10.5 Å². The van der Waals surface area contributed by atoms with Gasteiger partial charge in [0.2, 0.25) is 5.91 Å². The number of hydrogen-bond donors (Lipinski definition) is 6. The van der Waals surface area contributed by atoms with Crippen LogP contribution < -0.4 is 15.3 Å². The highest BCUT2D eigenvalue weighted by atomic mass is 16.5. The van der Waals surface area contributed by atoms with Gasteiger partial charge in [0.15, 0.2) is 0 Å². The highest BCUT2D eigenvalue weighted by Crippen LogP contribution is 2.31. The number of carboxylic acid groups (broad SMARTS) is 2. The van der Waals surface area contributed by atoms with Gasteiger partial charge in [-0.1, -0.05) is 18.2 Å². The van der Waals surface area contributed by atoms with E-state index in [4.69, 9.17) is 4.65 Å². The Balaban J connectivity index is 1.61. The topological polar surface area (TPSA) is 223 Å². The summed E-state index contributed by atoms with van der Waals surface area (Å²) in [5, 5.41) is 44.5. The first-order valence-corrected chi connectivity index (χ1v) is 12.4. The highest BCUT2D eigenvalue weighted by Gasteiger charge is 2.41. The number of amides is 5. The van der Waals surface area contributed by atoms with E-state index in [1.807, 2.05) is 0 Å². The number of likely N-dealkylation sites (N-methyl/N-ethyl adjacent to an activating group) is 1. The molecule has 15 nitrogen and oxygen atoms in total. The van der Waals surface area contributed by atoms with Crippen molar-refractivity contribution >= 4 is 42.8 Å². The number of nitrogens with one attached hydrogen (secondary N) is 2. The first-order chi connectivity index (χ1) is 19.4. The Morgan fingerprint density at radius 3 is 2.44 bits per heavy atom. The minimum absolute atomic E-state index is 0.0628. The number of hydrogen-bond acceptors (Lipinski definition) is 9. The van der Waals surface area contributed by atoms with Crippen LogP contribution in [0.4, 0.5) is 4.79 Å². The first kappa shape index (κ1) is 28.9. The fourth-order valence-electron chi connectivity index (χ4n) is 4.56. The lowest BCUT2D eigenvalue weighted by molar-refractivity contribution is -0.153. The molecule has 0 saturated carbocycles. The van der Waals surface area contributed by atoms with Gasteiger partial charge in [-0.05, 0) is 37.1 Å². The first-order valence-electron chi connectivity index (χ1n) is 12.4. The highest BCUT2D eigenvalue weighted by molar-refractivity contribution is 6.47. The van der Waals surface area contributed by atoms with Gasteiger partial charge >= 0.3 is 36.9 Å². The van der Waals surface area contributed by atoms with Gasteiger partial charge in [-0.2, -0.15) is 0 Å². The molecule has 5 amide bonds. The zero-order valence-corrected chi connectivity index (χ0v) is 21.6. The van der Waals surface area contributed by atoms with E-state index in [2.05, 4.69) is 10.6 Å². The van der Waals surface area contributed by atoms with Gasteiger partial charge < -0.3 is 40.5 Å². The summed E-state index contributed by atoms with van der Waals surface area (Å²) >= 11 is 0. The minimum Gasteiger partial charge on any atom is -0.534 e. The monoisotopic (exact) mass is 568 g/mol. The number of carbonyl (C=O) groups excluding carboxylic acids is 4. The summed E-state index contributed by atoms with van der Waals surface area (Å²) < 4.78 is 5.37. The molecule has 2 atom stereocenters. The van der Waals surface area contributed by atoms with E-state index in [0.717, 1.165) is 18.2 Å². The summed E-state index contributed by atoms with van der Waals surface area (Å²) in [6.07, 6.45) is -0.0695. The summed E-state index contributed by atoms with van der Waals surface area (Å²) in [5.74, 6) is -7.56. The number of carboxylic acids is 2. The number of carbonyl (C=O) groups is 6. The molecule has 1 fully saturated rings. The van der Waals surface area contributed by atoms with E-state index in [1.54, 1.807) is 13.0 Å². The molecule has 2 heterocycles. The normalized spacial score (nSPS) is 17.3. The molecule has 0 aliphatic carbocycles. The molecular weight excluding hydrogens is 543 g/mol. The molecule has 0 aromatic heterocycles. The van der Waals surface area contributed by atoms with Crippen LogP contribution in [0.15, 0.2) is 36.4 Å². The molecule has 2 aromatic rings. The Bertz CT molecular complexity index is 1450. The average molecular weight is 568 g/mol. The van der Waals surface area contributed by atoms with E-state index in [-0.39, 0.29) is 48.5 Å². The number of aromatic hydroxyl groups is 1. The van der Waals surface area contributed by atoms with Gasteiger partial charge in [-0.25, -0.2) is 14.4 Å². The van der Waals surface area contributed by atoms with Crippen LogP contribution in [0.2, 0.25) is 0 Å². The van der Waals surface area contributed by atoms with Crippen molar-refractivity contribution in [2.75, 3.05) is 19.6 Å². The lowest BCUT2D eigenvalue weighted by Crippen LogP contribution is -2.60. The van der Waals surface area contributed by atoms with Gasteiger partial charge in [0.25, 0.3) is 0 Å². The van der Waals surface area contributed by atoms with Crippen molar-refractivity contribution in [2.45, 2.75) is 25.3 Å². The molecule has 4 rings (SSSR count). The third kappa shape index (κ3) is 5.77. The second-order valence-electron chi connectivity index (χ2n) is 9.23. The van der Waals surface area contributed by atoms with E-state index >= 15 is 0 Å². The quantitative estimate of drug-likeness (QED) is 0.182. The molecule has 0 bridgehead atoms. The number of rotatable bonds is 7. The van der Waals surface area contributed by atoms with Crippen LogP contribution in [0.5, 0.6) is 11.5 Å². The van der Waals surface area contributed by atoms with Crippen LogP contribution in [-0.4, -0.2) is 98.5 Å². The molecule has 2 aliphatic heterocycles. The van der Waals surface area contributed by atoms with Gasteiger partial charge in [0.05, 0.1) is 17.1 Å². The molecule has 0 spiro atoms. The summed E-state index contributed by atoms with van der Waals surface area (Å²) in [7, 11) is -1.70. The molecule has 0 radical (unpaired) electrons. The number of benzene rings is 2. The maximum atomic E-state index is 13.5. The Hall–Kier alpha value is -5.12. The number of piperazine rings is 1. The summed E-state index contributed by atoms with van der Waals surface area (Å²) in [5.41, 5.74) is -0.378. The van der Waals surface area contributed by atoms with E-state index in [9.17, 15) is 49.1 Å². The molecule has 1 unspecified atom stereocenters. The van der Waals surface area contributed by atoms with Crippen LogP contribution in [-0.2, 0) is 20.8 Å². The number of aromatic carboxylic acids is 2. The predicted octanol–water partition coefficient (Wildman–Crippen LogP) is -0.630. The smallest absolute Gasteiger partial charge is 0.534 e. The number of phenols is 1. The van der Waals surface area contributed by atoms with Crippen molar-refractivity contribution in [3.63, 3.8) is 0 Å². The lowest BCUT2D eigenvalue weighted by Gasteiger charge is -2.33. The third-order valence-electron chi connectivity index (χ3n) is 6.73. The van der Waals surface area contributed by atoms with Gasteiger partial charge in [0, 0.05) is 25.2 Å². The van der Waals surface area contributed by atoms with Crippen LogP contribution >= 0.6 is 0 Å². The standard InChI is InChI=1S/C25H25BN4O11/c1-2-29-8-9-30(22(34)21(29)33)25(39)28-18(14-7-6-13(23(35)36)10-16(14)31)20(32)27-17-11-12-4-3-5-15(24(37)38)19(12)41-26(17)40/h3-7,10,17-18,31,40H,2,8-9,11H2,1H3,(H,27,32)(H,28,39)(H,35,36)(H,37,38)/t17-,18?/m0/s1. The molecule has 2 aromatic carbocycles. The zero-order valence-electron chi connectivity index (χ0n) is 21.6. The van der Waals surface area contributed by atoms with Crippen molar-refractivity contribution in [1.29, 1.82) is 0 Å². The number of phenolic OH excluding ortho intramolecular Hbond substituents is 1. The van der Waals surface area contributed by atoms with E-state index in [1.165, 1.54) is 17.0 Å². The van der Waals surface area contributed by atoms with Crippen LogP contribution in [0.25, 0.3) is 0 Å². The average Bonchev–Trinajstić information content (AvgIpc) is 2.93.